The molecular formula is C23H16BrN3O2. The minimum atomic E-state index is 0.194. The summed E-state index contributed by atoms with van der Waals surface area (Å²) in [7, 11) is 0. The predicted molar refractivity (Wildman–Crippen MR) is 113 cm³/mol. The van der Waals surface area contributed by atoms with Crippen LogP contribution in [0.5, 0.6) is 5.75 Å². The third kappa shape index (κ3) is 5.44. The Bertz CT molecular complexity index is 1110. The largest absolute Gasteiger partial charge is 0.488 e. The maximum Gasteiger partial charge on any atom is 0.143 e. The standard InChI is InChI=1S/C23H16BrN3O2/c24-22-9-10-23(28-15-19-7-3-1-5-17(19)12-25)21(11-22)14-27-29-16-20-8-4-2-6-18(20)13-26/h1-11,14H,15-16H2/b27-14-. The number of hydrogen-bond acceptors (Lipinski definition) is 5. The van der Waals surface area contributed by atoms with E-state index in [0.29, 0.717) is 16.9 Å². The molecule has 0 aliphatic carbocycles. The molecule has 0 aliphatic heterocycles. The van der Waals surface area contributed by atoms with Crippen LogP contribution < -0.4 is 4.74 Å². The highest BCUT2D eigenvalue weighted by Crippen LogP contribution is 2.23. The SMILES string of the molecule is N#Cc1ccccc1CO/N=C\c1cc(Br)ccc1OCc1ccccc1C#N. The Kier molecular flexibility index (Phi) is 7.00. The normalized spacial score (nSPS) is 10.3. The van der Waals surface area contributed by atoms with Crippen molar-refractivity contribution >= 4 is 22.1 Å². The summed E-state index contributed by atoms with van der Waals surface area (Å²) in [5.74, 6) is 0.616. The van der Waals surface area contributed by atoms with E-state index in [2.05, 4.69) is 33.2 Å². The number of halogens is 1. The number of rotatable bonds is 7. The predicted octanol–water partition coefficient (Wildman–Crippen LogP) is 5.32. The van der Waals surface area contributed by atoms with E-state index >= 15 is 0 Å². The number of hydrogen-bond donors (Lipinski definition) is 0. The summed E-state index contributed by atoms with van der Waals surface area (Å²) >= 11 is 3.44. The molecule has 0 amide bonds. The van der Waals surface area contributed by atoms with Gasteiger partial charge < -0.3 is 9.57 Å². The first-order valence-corrected chi connectivity index (χ1v) is 9.54. The molecule has 0 bridgehead atoms. The highest BCUT2D eigenvalue weighted by Gasteiger charge is 2.07. The summed E-state index contributed by atoms with van der Waals surface area (Å²) in [6.07, 6.45) is 1.56. The van der Waals surface area contributed by atoms with Crippen LogP contribution in [0.2, 0.25) is 0 Å². The quantitative estimate of drug-likeness (QED) is 0.364. The summed E-state index contributed by atoms with van der Waals surface area (Å²) in [4.78, 5) is 5.36. The van der Waals surface area contributed by atoms with Gasteiger partial charge in [-0.05, 0) is 30.3 Å². The lowest BCUT2D eigenvalue weighted by atomic mass is 10.1. The van der Waals surface area contributed by atoms with E-state index in [-0.39, 0.29) is 13.2 Å². The van der Waals surface area contributed by atoms with E-state index in [1.165, 1.54) is 0 Å². The van der Waals surface area contributed by atoms with Crippen LogP contribution in [0.25, 0.3) is 0 Å². The second-order valence-electron chi connectivity index (χ2n) is 6.02. The average Bonchev–Trinajstić information content (AvgIpc) is 2.76. The van der Waals surface area contributed by atoms with E-state index in [4.69, 9.17) is 14.8 Å². The van der Waals surface area contributed by atoms with E-state index < -0.39 is 0 Å². The lowest BCUT2D eigenvalue weighted by Crippen LogP contribution is -2.01. The molecule has 3 aromatic carbocycles. The van der Waals surface area contributed by atoms with Crippen LogP contribution in [0.4, 0.5) is 0 Å². The first kappa shape index (κ1) is 20.1. The van der Waals surface area contributed by atoms with Crippen molar-refractivity contribution in [3.05, 3.63) is 99.0 Å². The number of ether oxygens (including phenoxy) is 1. The molecule has 0 atom stereocenters. The molecule has 5 nitrogen and oxygen atoms in total. The minimum absolute atomic E-state index is 0.194. The van der Waals surface area contributed by atoms with E-state index in [1.54, 1.807) is 24.4 Å². The molecule has 0 unspecified atom stereocenters. The van der Waals surface area contributed by atoms with Crippen LogP contribution >= 0.6 is 15.9 Å². The number of benzene rings is 3. The van der Waals surface area contributed by atoms with Gasteiger partial charge in [0.2, 0.25) is 0 Å². The molecule has 29 heavy (non-hydrogen) atoms. The zero-order chi connectivity index (χ0) is 20.5. The third-order valence-corrected chi connectivity index (χ3v) is 4.61. The molecular weight excluding hydrogens is 430 g/mol. The Morgan fingerprint density at radius 1 is 0.862 bits per heavy atom. The fourth-order valence-corrected chi connectivity index (χ4v) is 3.00. The summed E-state index contributed by atoms with van der Waals surface area (Å²) in [6.45, 7) is 0.461. The van der Waals surface area contributed by atoms with Crippen LogP contribution in [0, 0.1) is 22.7 Å². The second-order valence-corrected chi connectivity index (χ2v) is 6.93. The molecule has 142 valence electrons. The fourth-order valence-electron chi connectivity index (χ4n) is 2.62. The van der Waals surface area contributed by atoms with Crippen LogP contribution in [0.3, 0.4) is 0 Å². The first-order chi connectivity index (χ1) is 14.2. The van der Waals surface area contributed by atoms with Gasteiger partial charge in [-0.1, -0.05) is 57.5 Å². The number of oxime groups is 1. The van der Waals surface area contributed by atoms with Crippen LogP contribution in [-0.2, 0) is 18.1 Å². The van der Waals surface area contributed by atoms with Gasteiger partial charge in [-0.25, -0.2) is 0 Å². The highest BCUT2D eigenvalue weighted by molar-refractivity contribution is 9.10. The molecule has 0 fully saturated rings. The van der Waals surface area contributed by atoms with Gasteiger partial charge >= 0.3 is 0 Å². The Morgan fingerprint density at radius 2 is 1.48 bits per heavy atom. The lowest BCUT2D eigenvalue weighted by molar-refractivity contribution is 0.132. The summed E-state index contributed by atoms with van der Waals surface area (Å²) < 4.78 is 6.78. The molecule has 6 heteroatoms. The molecule has 0 heterocycles. The Labute approximate surface area is 177 Å². The molecule has 0 aliphatic rings. The smallest absolute Gasteiger partial charge is 0.143 e. The zero-order valence-electron chi connectivity index (χ0n) is 15.4. The first-order valence-electron chi connectivity index (χ1n) is 8.75. The molecule has 0 saturated carbocycles. The van der Waals surface area contributed by atoms with Crippen molar-refractivity contribution in [3.8, 4) is 17.9 Å². The molecule has 3 aromatic rings. The maximum atomic E-state index is 9.21. The van der Waals surface area contributed by atoms with Crippen molar-refractivity contribution in [2.45, 2.75) is 13.2 Å². The van der Waals surface area contributed by atoms with E-state index in [9.17, 15) is 5.26 Å². The minimum Gasteiger partial charge on any atom is -0.488 e. The third-order valence-electron chi connectivity index (χ3n) is 4.12. The van der Waals surface area contributed by atoms with Gasteiger partial charge in [-0.2, -0.15) is 10.5 Å². The van der Waals surface area contributed by atoms with Gasteiger partial charge in [0.25, 0.3) is 0 Å². The van der Waals surface area contributed by atoms with Crippen LogP contribution in [0.1, 0.15) is 27.8 Å². The Balaban J connectivity index is 1.69. The maximum absolute atomic E-state index is 9.21. The molecule has 0 N–H and O–H groups in total. The van der Waals surface area contributed by atoms with Gasteiger partial charge in [-0.15, -0.1) is 0 Å². The summed E-state index contributed by atoms with van der Waals surface area (Å²) in [5, 5.41) is 22.4. The van der Waals surface area contributed by atoms with Gasteiger partial charge in [0, 0.05) is 21.2 Å². The van der Waals surface area contributed by atoms with Crippen LogP contribution in [-0.4, -0.2) is 6.21 Å². The molecule has 3 rings (SSSR count). The number of nitriles is 2. The molecule has 0 saturated heterocycles. The lowest BCUT2D eigenvalue weighted by Gasteiger charge is -2.10. The van der Waals surface area contributed by atoms with Gasteiger partial charge in [-0.3, -0.25) is 0 Å². The average molecular weight is 446 g/mol. The van der Waals surface area contributed by atoms with Gasteiger partial charge in [0.1, 0.15) is 19.0 Å². The van der Waals surface area contributed by atoms with Crippen molar-refractivity contribution in [2.24, 2.45) is 5.16 Å². The van der Waals surface area contributed by atoms with Crippen molar-refractivity contribution in [1.29, 1.82) is 10.5 Å². The molecule has 0 aromatic heterocycles. The van der Waals surface area contributed by atoms with E-state index in [1.807, 2.05) is 48.5 Å². The highest BCUT2D eigenvalue weighted by atomic mass is 79.9. The van der Waals surface area contributed by atoms with Crippen molar-refractivity contribution in [3.63, 3.8) is 0 Å². The fraction of sp³-hybridized carbons (Fsp3) is 0.0870. The van der Waals surface area contributed by atoms with Gasteiger partial charge in [0.15, 0.2) is 0 Å². The monoisotopic (exact) mass is 445 g/mol. The topological polar surface area (TPSA) is 78.4 Å². The molecule has 0 radical (unpaired) electrons. The van der Waals surface area contributed by atoms with Crippen molar-refractivity contribution in [1.82, 2.24) is 0 Å². The zero-order valence-corrected chi connectivity index (χ0v) is 17.0. The Hall–Kier alpha value is -3.61. The van der Waals surface area contributed by atoms with Gasteiger partial charge in [0.05, 0.1) is 29.5 Å². The number of nitrogens with zero attached hydrogens (tertiary/aromatic N) is 3. The summed E-state index contributed by atoms with van der Waals surface area (Å²) in [5.41, 5.74) is 3.45. The second kappa shape index (κ2) is 10.1. The summed E-state index contributed by atoms with van der Waals surface area (Å²) in [6, 6.07) is 24.4. The molecule has 0 spiro atoms. The van der Waals surface area contributed by atoms with E-state index in [0.717, 1.165) is 21.2 Å². The van der Waals surface area contributed by atoms with Crippen molar-refractivity contribution in [2.75, 3.05) is 0 Å². The van der Waals surface area contributed by atoms with Crippen molar-refractivity contribution < 1.29 is 9.57 Å². The Morgan fingerprint density at radius 3 is 2.14 bits per heavy atom. The van der Waals surface area contributed by atoms with Crippen LogP contribution in [0.15, 0.2) is 76.4 Å².